The van der Waals surface area contributed by atoms with Gasteiger partial charge in [0.2, 0.25) is 0 Å². The summed E-state index contributed by atoms with van der Waals surface area (Å²) in [5, 5.41) is 9.24. The Bertz CT molecular complexity index is 858. The summed E-state index contributed by atoms with van der Waals surface area (Å²) in [6.07, 6.45) is 0. The van der Waals surface area contributed by atoms with Gasteiger partial charge < -0.3 is 15.0 Å². The molecule has 0 saturated heterocycles. The minimum Gasteiger partial charge on any atom is -0.477 e. The molecule has 1 aromatic heterocycles. The predicted octanol–water partition coefficient (Wildman–Crippen LogP) is 0.902. The molecule has 0 aliphatic rings. The molecule has 7 nitrogen and oxygen atoms in total. The van der Waals surface area contributed by atoms with Gasteiger partial charge in [-0.1, -0.05) is 6.07 Å². The summed E-state index contributed by atoms with van der Waals surface area (Å²) in [7, 11) is 3.44. The Kier molecular flexibility index (Phi) is 4.51. The Morgan fingerprint density at radius 1 is 1.17 bits per heavy atom. The summed E-state index contributed by atoms with van der Waals surface area (Å²) in [6, 6.07) is 5.35. The molecule has 0 aliphatic carbocycles. The first-order valence-electron chi connectivity index (χ1n) is 7.05. The standard InChI is InChI=1S/C16H19N3O4/c1-9-5-10(2)7-11(6-9)19-14(20)12(8-18(3)4)13(15(21)22)17-16(19)23/h5-7H,8H2,1-4H3,(H,17,23)(H,21,22). The van der Waals surface area contributed by atoms with Gasteiger partial charge in [-0.15, -0.1) is 0 Å². The van der Waals surface area contributed by atoms with Gasteiger partial charge in [-0.3, -0.25) is 4.79 Å². The molecule has 0 fully saturated rings. The van der Waals surface area contributed by atoms with Crippen LogP contribution >= 0.6 is 0 Å². The fourth-order valence-corrected chi connectivity index (χ4v) is 2.53. The molecule has 2 rings (SSSR count). The number of carbonyl (C=O) groups is 1. The second kappa shape index (κ2) is 6.21. The Balaban J connectivity index is 2.82. The molecule has 23 heavy (non-hydrogen) atoms. The molecule has 0 radical (unpaired) electrons. The molecular weight excluding hydrogens is 298 g/mol. The number of aryl methyl sites for hydroxylation is 2. The van der Waals surface area contributed by atoms with Gasteiger partial charge in [-0.2, -0.15) is 0 Å². The molecule has 122 valence electrons. The molecule has 0 atom stereocenters. The van der Waals surface area contributed by atoms with Crippen LogP contribution < -0.4 is 11.2 Å². The highest BCUT2D eigenvalue weighted by atomic mass is 16.4. The third-order valence-electron chi connectivity index (χ3n) is 3.35. The molecule has 0 saturated carbocycles. The number of nitrogens with zero attached hydrogens (tertiary/aromatic N) is 2. The maximum Gasteiger partial charge on any atom is 0.352 e. The van der Waals surface area contributed by atoms with Gasteiger partial charge in [0.05, 0.1) is 11.3 Å². The van der Waals surface area contributed by atoms with E-state index in [1.807, 2.05) is 19.9 Å². The first-order chi connectivity index (χ1) is 10.7. The smallest absolute Gasteiger partial charge is 0.352 e. The molecular formula is C16H19N3O4. The van der Waals surface area contributed by atoms with Crippen LogP contribution in [0.5, 0.6) is 0 Å². The quantitative estimate of drug-likeness (QED) is 0.873. The highest BCUT2D eigenvalue weighted by Gasteiger charge is 2.20. The minimum absolute atomic E-state index is 0.0428. The van der Waals surface area contributed by atoms with E-state index in [2.05, 4.69) is 4.98 Å². The van der Waals surface area contributed by atoms with Crippen LogP contribution in [0.1, 0.15) is 27.2 Å². The summed E-state index contributed by atoms with van der Waals surface area (Å²) in [4.78, 5) is 40.3. The van der Waals surface area contributed by atoms with Crippen molar-refractivity contribution >= 4 is 5.97 Å². The summed E-state index contributed by atoms with van der Waals surface area (Å²) in [5.74, 6) is -1.33. The third kappa shape index (κ3) is 3.40. The van der Waals surface area contributed by atoms with Gasteiger partial charge in [-0.05, 0) is 51.2 Å². The zero-order valence-corrected chi connectivity index (χ0v) is 13.5. The number of hydrogen-bond acceptors (Lipinski definition) is 4. The van der Waals surface area contributed by atoms with E-state index in [1.54, 1.807) is 31.1 Å². The van der Waals surface area contributed by atoms with E-state index in [1.165, 1.54) is 0 Å². The van der Waals surface area contributed by atoms with Crippen LogP contribution in [0.4, 0.5) is 0 Å². The van der Waals surface area contributed by atoms with E-state index in [-0.39, 0.29) is 17.8 Å². The number of nitrogens with one attached hydrogen (secondary N) is 1. The molecule has 2 aromatic rings. The number of benzene rings is 1. The number of H-pyrrole nitrogens is 1. The van der Waals surface area contributed by atoms with E-state index in [9.17, 15) is 19.5 Å². The summed E-state index contributed by atoms with van der Waals surface area (Å²) in [6.45, 7) is 3.84. The van der Waals surface area contributed by atoms with E-state index >= 15 is 0 Å². The molecule has 1 aromatic carbocycles. The number of hydrogen-bond donors (Lipinski definition) is 2. The Labute approximate surface area is 132 Å². The normalized spacial score (nSPS) is 11.0. The fourth-order valence-electron chi connectivity index (χ4n) is 2.53. The fraction of sp³-hybridized carbons (Fsp3) is 0.312. The van der Waals surface area contributed by atoms with Crippen molar-refractivity contribution in [3.05, 3.63) is 61.4 Å². The van der Waals surface area contributed by atoms with Gasteiger partial charge in [0.25, 0.3) is 5.56 Å². The Morgan fingerprint density at radius 2 is 1.74 bits per heavy atom. The number of aromatic carboxylic acids is 1. The zero-order valence-electron chi connectivity index (χ0n) is 13.5. The molecule has 0 unspecified atom stereocenters. The van der Waals surface area contributed by atoms with Crippen molar-refractivity contribution in [2.24, 2.45) is 0 Å². The molecule has 0 aliphatic heterocycles. The Hall–Kier alpha value is -2.67. The highest BCUT2D eigenvalue weighted by molar-refractivity contribution is 5.86. The average Bonchev–Trinajstić information content (AvgIpc) is 2.40. The van der Waals surface area contributed by atoms with Crippen LogP contribution in [0.2, 0.25) is 0 Å². The Morgan fingerprint density at radius 3 is 2.22 bits per heavy atom. The maximum atomic E-state index is 12.7. The van der Waals surface area contributed by atoms with Crippen LogP contribution in [0.25, 0.3) is 5.69 Å². The van der Waals surface area contributed by atoms with Crippen molar-refractivity contribution < 1.29 is 9.90 Å². The molecule has 0 bridgehead atoms. The van der Waals surface area contributed by atoms with Crippen LogP contribution in [-0.2, 0) is 6.54 Å². The van der Waals surface area contributed by atoms with Crippen molar-refractivity contribution in [3.8, 4) is 5.69 Å². The summed E-state index contributed by atoms with van der Waals surface area (Å²) >= 11 is 0. The van der Waals surface area contributed by atoms with Gasteiger partial charge in [-0.25, -0.2) is 14.2 Å². The highest BCUT2D eigenvalue weighted by Crippen LogP contribution is 2.11. The van der Waals surface area contributed by atoms with Crippen LogP contribution in [0, 0.1) is 13.8 Å². The van der Waals surface area contributed by atoms with Crippen molar-refractivity contribution in [3.63, 3.8) is 0 Å². The van der Waals surface area contributed by atoms with Crippen LogP contribution in [0.3, 0.4) is 0 Å². The molecule has 0 amide bonds. The van der Waals surface area contributed by atoms with E-state index < -0.39 is 17.2 Å². The van der Waals surface area contributed by atoms with Crippen molar-refractivity contribution in [2.75, 3.05) is 14.1 Å². The van der Waals surface area contributed by atoms with Crippen molar-refractivity contribution in [1.82, 2.24) is 14.5 Å². The number of carboxylic acid groups (broad SMARTS) is 1. The minimum atomic E-state index is -1.33. The average molecular weight is 317 g/mol. The lowest BCUT2D eigenvalue weighted by atomic mass is 10.1. The number of rotatable bonds is 4. The van der Waals surface area contributed by atoms with Crippen LogP contribution in [-0.4, -0.2) is 39.6 Å². The lowest BCUT2D eigenvalue weighted by molar-refractivity contribution is 0.0687. The first kappa shape index (κ1) is 16.7. The lowest BCUT2D eigenvalue weighted by Crippen LogP contribution is -2.39. The van der Waals surface area contributed by atoms with E-state index in [4.69, 9.17) is 0 Å². The number of carboxylic acids is 1. The largest absolute Gasteiger partial charge is 0.477 e. The van der Waals surface area contributed by atoms with Gasteiger partial charge in [0.15, 0.2) is 0 Å². The zero-order chi connectivity index (χ0) is 17.3. The predicted molar refractivity (Wildman–Crippen MR) is 86.5 cm³/mol. The number of aromatic amines is 1. The second-order valence-corrected chi connectivity index (χ2v) is 5.81. The summed E-state index contributed by atoms with van der Waals surface area (Å²) in [5.41, 5.74) is 0.525. The van der Waals surface area contributed by atoms with Crippen molar-refractivity contribution in [2.45, 2.75) is 20.4 Å². The summed E-state index contributed by atoms with van der Waals surface area (Å²) < 4.78 is 0.977. The first-order valence-corrected chi connectivity index (χ1v) is 7.05. The molecule has 2 N–H and O–H groups in total. The van der Waals surface area contributed by atoms with Gasteiger partial charge in [0.1, 0.15) is 5.69 Å². The SMILES string of the molecule is Cc1cc(C)cc(-n2c(=O)[nH]c(C(=O)O)c(CN(C)C)c2=O)c1. The van der Waals surface area contributed by atoms with Crippen molar-refractivity contribution in [1.29, 1.82) is 0 Å². The maximum absolute atomic E-state index is 12.7. The lowest BCUT2D eigenvalue weighted by Gasteiger charge is -2.14. The monoisotopic (exact) mass is 317 g/mol. The second-order valence-electron chi connectivity index (χ2n) is 5.81. The van der Waals surface area contributed by atoms with Gasteiger partial charge >= 0.3 is 11.7 Å². The molecule has 1 heterocycles. The number of aromatic nitrogens is 2. The molecule has 7 heteroatoms. The van der Waals surface area contributed by atoms with E-state index in [0.717, 1.165) is 15.7 Å². The van der Waals surface area contributed by atoms with Crippen LogP contribution in [0.15, 0.2) is 27.8 Å². The molecule has 0 spiro atoms. The van der Waals surface area contributed by atoms with Gasteiger partial charge in [0, 0.05) is 6.54 Å². The topological polar surface area (TPSA) is 95.4 Å². The third-order valence-corrected chi connectivity index (χ3v) is 3.35. The van der Waals surface area contributed by atoms with E-state index in [0.29, 0.717) is 5.69 Å².